The molecule has 7 nitrogen and oxygen atoms in total. The summed E-state index contributed by atoms with van der Waals surface area (Å²) in [5.74, 6) is 0.590. The molecule has 3 rings (SSSR count). The highest BCUT2D eigenvalue weighted by molar-refractivity contribution is 6.05. The van der Waals surface area contributed by atoms with Gasteiger partial charge in [0, 0.05) is 35.0 Å². The molecule has 7 heteroatoms. The third kappa shape index (κ3) is 3.60. The van der Waals surface area contributed by atoms with Crippen LogP contribution in [0.2, 0.25) is 0 Å². The van der Waals surface area contributed by atoms with Crippen molar-refractivity contribution in [2.45, 2.75) is 66.6 Å². The second-order valence-electron chi connectivity index (χ2n) is 8.57. The Kier molecular flexibility index (Phi) is 6.09. The van der Waals surface area contributed by atoms with Crippen molar-refractivity contribution in [2.75, 3.05) is 20.6 Å². The molecule has 2 heterocycles. The summed E-state index contributed by atoms with van der Waals surface area (Å²) in [5, 5.41) is 5.78. The van der Waals surface area contributed by atoms with Gasteiger partial charge in [0.25, 0.3) is 5.91 Å². The second-order valence-corrected chi connectivity index (χ2v) is 8.57. The van der Waals surface area contributed by atoms with E-state index in [9.17, 15) is 9.59 Å². The summed E-state index contributed by atoms with van der Waals surface area (Å²) in [6.07, 6.45) is 3.68. The normalized spacial score (nSPS) is 21.7. The van der Waals surface area contributed by atoms with Gasteiger partial charge in [-0.3, -0.25) is 9.59 Å². The number of amides is 2. The molecule has 0 spiro atoms. The minimum atomic E-state index is -0.732. The average Bonchev–Trinajstić information content (AvgIpc) is 3.28. The molecule has 160 valence electrons. The zero-order chi connectivity index (χ0) is 20.0. The Hall–Kier alpha value is -2.15. The van der Waals surface area contributed by atoms with Gasteiger partial charge in [0.05, 0.1) is 11.2 Å². The Morgan fingerprint density at radius 3 is 2.54 bits per heavy atom. The smallest absolute Gasteiger partial charge is 0.272 e. The second kappa shape index (κ2) is 7.70. The molecule has 0 saturated carbocycles. The largest absolute Gasteiger partial charge is 0.355 e. The summed E-state index contributed by atoms with van der Waals surface area (Å²) >= 11 is 0. The van der Waals surface area contributed by atoms with Crippen LogP contribution >= 0.6 is 0 Å². The summed E-state index contributed by atoms with van der Waals surface area (Å²) in [7, 11) is 3.67. The van der Waals surface area contributed by atoms with Crippen LogP contribution in [0.5, 0.6) is 0 Å². The first kappa shape index (κ1) is 22.1. The van der Waals surface area contributed by atoms with E-state index in [2.05, 4.69) is 39.1 Å². The summed E-state index contributed by atoms with van der Waals surface area (Å²) in [5.41, 5.74) is 1.02. The molecule has 2 amide bonds. The number of aromatic nitrogens is 2. The number of nitrogens with one attached hydrogen (secondary N) is 2. The van der Waals surface area contributed by atoms with Crippen LogP contribution in [-0.4, -0.2) is 52.4 Å². The first-order chi connectivity index (χ1) is 12.6. The number of nitrogens with zero attached hydrogens (tertiary/aromatic N) is 3. The maximum absolute atomic E-state index is 13.3. The van der Waals surface area contributed by atoms with Crippen LogP contribution in [0.1, 0.15) is 66.4 Å². The minimum Gasteiger partial charge on any atom is -0.355 e. The Balaban J connectivity index is 0.00000280. The average molecular weight is 394 g/mol. The summed E-state index contributed by atoms with van der Waals surface area (Å²) in [6, 6.07) is 0. The van der Waals surface area contributed by atoms with Crippen molar-refractivity contribution < 1.29 is 12.4 Å². The van der Waals surface area contributed by atoms with Gasteiger partial charge in [-0.1, -0.05) is 35.1 Å². The fraction of sp³-hybridized carbons (Fsp3) is 0.667. The lowest BCUT2D eigenvalue weighted by molar-refractivity contribution is -0.117. The van der Waals surface area contributed by atoms with Crippen LogP contribution in [0.15, 0.2) is 11.6 Å². The molecule has 0 aromatic carbocycles. The Bertz CT molecular complexity index is 813. The third-order valence-electron chi connectivity index (χ3n) is 5.69. The number of imidazole rings is 1. The number of fused-ring (bicyclic) bond motifs is 1. The van der Waals surface area contributed by atoms with Gasteiger partial charge in [-0.05, 0) is 31.5 Å². The summed E-state index contributed by atoms with van der Waals surface area (Å²) in [6.45, 7) is 10.7. The monoisotopic (exact) mass is 393 g/mol. The third-order valence-corrected chi connectivity index (χ3v) is 5.69. The van der Waals surface area contributed by atoms with E-state index in [-0.39, 0.29) is 27.5 Å². The first-order valence-corrected chi connectivity index (χ1v) is 9.69. The molecule has 0 fully saturated rings. The van der Waals surface area contributed by atoms with Crippen molar-refractivity contribution in [1.29, 1.82) is 0 Å². The maximum atomic E-state index is 13.3. The van der Waals surface area contributed by atoms with Crippen molar-refractivity contribution in [1.82, 2.24) is 25.1 Å². The number of carbonyl (C=O) groups is 2. The minimum absolute atomic E-state index is 0. The quantitative estimate of drug-likeness (QED) is 0.824. The zero-order valence-electron chi connectivity index (χ0n) is 17.3. The maximum Gasteiger partial charge on any atom is 0.272 e. The Morgan fingerprint density at radius 2 is 1.96 bits per heavy atom. The lowest BCUT2D eigenvalue weighted by Crippen LogP contribution is -2.50. The van der Waals surface area contributed by atoms with Crippen LogP contribution in [0.25, 0.3) is 0 Å². The molecule has 0 bridgehead atoms. The molecule has 1 aromatic rings. The SMILES string of the molecule is C.CCc1nc(C(=O)N[C@@]2(C(C)(C)C)C=C2C(=O)NC)c2n1CCCN(C)C2.[HH].[HH]. The number of rotatable bonds is 4. The summed E-state index contributed by atoms with van der Waals surface area (Å²) < 4.78 is 2.20. The van der Waals surface area contributed by atoms with Crippen LogP contribution in [0, 0.1) is 5.41 Å². The molecule has 2 aliphatic rings. The standard InChI is InChI=1S/C20H31N5O2.CH4.2H2/c1-7-15-22-16(14-12-24(6)9-8-10-25(14)15)18(27)23-20(19(2,3)4)11-13(20)17(26)21-5;;;/h11H,7-10,12H2,1-6H3,(H,21,26)(H,23,27);1H4;2*1H/t20-;;;/m0.../s1. The summed E-state index contributed by atoms with van der Waals surface area (Å²) in [4.78, 5) is 32.3. The molecule has 2 N–H and O–H groups in total. The molecule has 0 saturated heterocycles. The van der Waals surface area contributed by atoms with Crippen molar-refractivity contribution in [2.24, 2.45) is 5.41 Å². The highest BCUT2D eigenvalue weighted by Crippen LogP contribution is 2.48. The van der Waals surface area contributed by atoms with Gasteiger partial charge in [-0.15, -0.1) is 0 Å². The van der Waals surface area contributed by atoms with E-state index < -0.39 is 5.54 Å². The van der Waals surface area contributed by atoms with E-state index in [0.29, 0.717) is 17.8 Å². The number of likely N-dealkylation sites (N-methyl/N-ethyl adjacent to an activating group) is 1. The topological polar surface area (TPSA) is 79.3 Å². The van der Waals surface area contributed by atoms with E-state index in [0.717, 1.165) is 37.4 Å². The van der Waals surface area contributed by atoms with E-state index in [4.69, 9.17) is 0 Å². The van der Waals surface area contributed by atoms with E-state index in [1.54, 1.807) is 7.05 Å². The van der Waals surface area contributed by atoms with E-state index in [1.807, 2.05) is 26.8 Å². The molecule has 1 aromatic heterocycles. The van der Waals surface area contributed by atoms with Crippen molar-refractivity contribution >= 4 is 11.8 Å². The van der Waals surface area contributed by atoms with Crippen molar-refractivity contribution in [3.63, 3.8) is 0 Å². The fourth-order valence-electron chi connectivity index (χ4n) is 3.96. The predicted octanol–water partition coefficient (Wildman–Crippen LogP) is 2.61. The number of hydrogen-bond acceptors (Lipinski definition) is 4. The number of aryl methyl sites for hydroxylation is 1. The first-order valence-electron chi connectivity index (χ1n) is 9.69. The van der Waals surface area contributed by atoms with E-state index >= 15 is 0 Å². The van der Waals surface area contributed by atoms with Crippen LogP contribution < -0.4 is 10.6 Å². The van der Waals surface area contributed by atoms with Crippen molar-refractivity contribution in [3.8, 4) is 0 Å². The van der Waals surface area contributed by atoms with Gasteiger partial charge in [-0.2, -0.15) is 0 Å². The van der Waals surface area contributed by atoms with Crippen LogP contribution in [0.4, 0.5) is 0 Å². The highest BCUT2D eigenvalue weighted by Gasteiger charge is 2.57. The Labute approximate surface area is 171 Å². The molecule has 1 aliphatic heterocycles. The fourth-order valence-corrected chi connectivity index (χ4v) is 3.96. The van der Waals surface area contributed by atoms with Gasteiger partial charge >= 0.3 is 0 Å². The van der Waals surface area contributed by atoms with Gasteiger partial charge in [0.15, 0.2) is 5.69 Å². The lowest BCUT2D eigenvalue weighted by Gasteiger charge is -2.33. The molecule has 1 aliphatic carbocycles. The molecule has 0 radical (unpaired) electrons. The number of hydrogen-bond donors (Lipinski definition) is 2. The molecular weight excluding hydrogens is 354 g/mol. The zero-order valence-corrected chi connectivity index (χ0v) is 17.3. The van der Waals surface area contributed by atoms with Gasteiger partial charge < -0.3 is 20.1 Å². The van der Waals surface area contributed by atoms with Crippen molar-refractivity contribution in [3.05, 3.63) is 28.9 Å². The highest BCUT2D eigenvalue weighted by atomic mass is 16.2. The number of carbonyl (C=O) groups excluding carboxylic acids is 2. The van der Waals surface area contributed by atoms with Crippen LogP contribution in [-0.2, 0) is 24.3 Å². The lowest BCUT2D eigenvalue weighted by atomic mass is 9.80. The molecule has 28 heavy (non-hydrogen) atoms. The molecule has 1 atom stereocenters. The Morgan fingerprint density at radius 1 is 1.29 bits per heavy atom. The predicted molar refractivity (Wildman–Crippen MR) is 115 cm³/mol. The molecular formula is C21H39N5O2. The van der Waals surface area contributed by atoms with Gasteiger partial charge in [0.2, 0.25) is 5.91 Å². The molecule has 0 unspecified atom stereocenters. The van der Waals surface area contributed by atoms with Gasteiger partial charge in [-0.25, -0.2) is 4.98 Å². The van der Waals surface area contributed by atoms with E-state index in [1.165, 1.54) is 0 Å². The van der Waals surface area contributed by atoms with Crippen LogP contribution in [0.3, 0.4) is 0 Å². The van der Waals surface area contributed by atoms with Gasteiger partial charge in [0.1, 0.15) is 5.82 Å².